The molecule has 1 atom stereocenters. The van der Waals surface area contributed by atoms with Gasteiger partial charge in [0.25, 0.3) is 0 Å². The van der Waals surface area contributed by atoms with Gasteiger partial charge in [-0.3, -0.25) is 4.99 Å². The lowest BCUT2D eigenvalue weighted by Crippen LogP contribution is -2.44. The highest BCUT2D eigenvalue weighted by molar-refractivity contribution is 7.98. The maximum atomic E-state index is 5.08. The number of nitrogens with zero attached hydrogens (tertiary/aromatic N) is 1. The zero-order valence-corrected chi connectivity index (χ0v) is 11.7. The van der Waals surface area contributed by atoms with E-state index in [1.807, 2.05) is 11.8 Å². The molecule has 0 rings (SSSR count). The zero-order chi connectivity index (χ0) is 12.2. The maximum absolute atomic E-state index is 5.08. The normalized spacial score (nSPS) is 13.6. The van der Waals surface area contributed by atoms with Crippen LogP contribution in [-0.2, 0) is 4.74 Å². The standard InChI is InChI=1S/C11H25N3OS/c1-5-12-11(13-7-6-8-16-4)14-10(2)9-15-3/h10H,5-9H2,1-4H3,(H2,12,13,14). The van der Waals surface area contributed by atoms with Gasteiger partial charge in [0, 0.05) is 26.2 Å². The molecule has 16 heavy (non-hydrogen) atoms. The second-order valence-corrected chi connectivity index (χ2v) is 4.59. The minimum Gasteiger partial charge on any atom is -0.383 e. The highest BCUT2D eigenvalue weighted by atomic mass is 32.2. The predicted molar refractivity (Wildman–Crippen MR) is 73.5 cm³/mol. The van der Waals surface area contributed by atoms with Crippen LogP contribution in [0.4, 0.5) is 0 Å². The number of ether oxygens (including phenoxy) is 1. The van der Waals surface area contributed by atoms with Crippen molar-refractivity contribution in [2.24, 2.45) is 4.99 Å². The van der Waals surface area contributed by atoms with E-state index in [9.17, 15) is 0 Å². The molecule has 0 aliphatic rings. The van der Waals surface area contributed by atoms with Crippen molar-refractivity contribution in [2.75, 3.05) is 38.8 Å². The molecule has 0 bridgehead atoms. The molecule has 0 radical (unpaired) electrons. The molecule has 0 amide bonds. The fourth-order valence-corrected chi connectivity index (χ4v) is 1.66. The van der Waals surface area contributed by atoms with Crippen LogP contribution in [0.1, 0.15) is 20.3 Å². The molecule has 5 heteroatoms. The Bertz CT molecular complexity index is 188. The van der Waals surface area contributed by atoms with E-state index >= 15 is 0 Å². The van der Waals surface area contributed by atoms with Crippen molar-refractivity contribution in [1.82, 2.24) is 10.6 Å². The van der Waals surface area contributed by atoms with Gasteiger partial charge in [-0.2, -0.15) is 11.8 Å². The van der Waals surface area contributed by atoms with E-state index in [2.05, 4.69) is 35.7 Å². The Labute approximate surface area is 104 Å². The molecule has 0 aliphatic heterocycles. The Morgan fingerprint density at radius 2 is 2.25 bits per heavy atom. The van der Waals surface area contributed by atoms with E-state index < -0.39 is 0 Å². The van der Waals surface area contributed by atoms with Crippen molar-refractivity contribution in [1.29, 1.82) is 0 Å². The number of nitrogens with one attached hydrogen (secondary N) is 2. The monoisotopic (exact) mass is 247 g/mol. The summed E-state index contributed by atoms with van der Waals surface area (Å²) in [5.41, 5.74) is 0. The number of guanidine groups is 1. The lowest BCUT2D eigenvalue weighted by molar-refractivity contribution is 0.179. The van der Waals surface area contributed by atoms with Gasteiger partial charge in [-0.15, -0.1) is 0 Å². The summed E-state index contributed by atoms with van der Waals surface area (Å²) in [4.78, 5) is 4.50. The van der Waals surface area contributed by atoms with Crippen LogP contribution in [0.2, 0.25) is 0 Å². The summed E-state index contributed by atoms with van der Waals surface area (Å²) in [5, 5.41) is 6.53. The smallest absolute Gasteiger partial charge is 0.191 e. The average Bonchev–Trinajstić information content (AvgIpc) is 2.25. The number of aliphatic imine (C=N–C) groups is 1. The molecule has 0 aromatic rings. The summed E-state index contributed by atoms with van der Waals surface area (Å²) >= 11 is 1.86. The van der Waals surface area contributed by atoms with Crippen molar-refractivity contribution in [3.63, 3.8) is 0 Å². The summed E-state index contributed by atoms with van der Waals surface area (Å²) in [6.07, 6.45) is 3.24. The number of methoxy groups -OCH3 is 1. The van der Waals surface area contributed by atoms with Crippen molar-refractivity contribution >= 4 is 17.7 Å². The Morgan fingerprint density at radius 3 is 2.81 bits per heavy atom. The molecule has 0 spiro atoms. The summed E-state index contributed by atoms with van der Waals surface area (Å²) in [6, 6.07) is 0.281. The third-order valence-electron chi connectivity index (χ3n) is 1.92. The van der Waals surface area contributed by atoms with Crippen LogP contribution in [0, 0.1) is 0 Å². The Kier molecular flexibility index (Phi) is 10.8. The Balaban J connectivity index is 3.93. The van der Waals surface area contributed by atoms with Gasteiger partial charge in [-0.25, -0.2) is 0 Å². The molecular weight excluding hydrogens is 222 g/mol. The molecule has 0 heterocycles. The topological polar surface area (TPSA) is 45.7 Å². The predicted octanol–water partition coefficient (Wildman–Crippen LogP) is 1.33. The van der Waals surface area contributed by atoms with Crippen LogP contribution in [0.5, 0.6) is 0 Å². The quantitative estimate of drug-likeness (QED) is 0.386. The molecule has 4 nitrogen and oxygen atoms in total. The minimum atomic E-state index is 0.281. The van der Waals surface area contributed by atoms with E-state index in [0.717, 1.165) is 31.2 Å². The highest BCUT2D eigenvalue weighted by Crippen LogP contribution is 1.95. The number of hydrogen-bond acceptors (Lipinski definition) is 3. The minimum absolute atomic E-state index is 0.281. The number of hydrogen-bond donors (Lipinski definition) is 2. The molecule has 0 aromatic heterocycles. The third-order valence-corrected chi connectivity index (χ3v) is 2.62. The van der Waals surface area contributed by atoms with Gasteiger partial charge in [0.05, 0.1) is 6.61 Å². The van der Waals surface area contributed by atoms with E-state index in [1.165, 1.54) is 0 Å². The lowest BCUT2D eigenvalue weighted by atomic mass is 10.4. The van der Waals surface area contributed by atoms with E-state index in [-0.39, 0.29) is 6.04 Å². The van der Waals surface area contributed by atoms with Crippen LogP contribution >= 0.6 is 11.8 Å². The Hall–Kier alpha value is -0.420. The van der Waals surface area contributed by atoms with Gasteiger partial charge >= 0.3 is 0 Å². The van der Waals surface area contributed by atoms with Gasteiger partial charge in [-0.1, -0.05) is 0 Å². The van der Waals surface area contributed by atoms with E-state index in [4.69, 9.17) is 4.74 Å². The Morgan fingerprint density at radius 1 is 1.50 bits per heavy atom. The average molecular weight is 247 g/mol. The van der Waals surface area contributed by atoms with Crippen molar-refractivity contribution in [3.8, 4) is 0 Å². The van der Waals surface area contributed by atoms with Gasteiger partial charge in [0.1, 0.15) is 0 Å². The molecule has 0 aliphatic carbocycles. The van der Waals surface area contributed by atoms with Crippen molar-refractivity contribution < 1.29 is 4.74 Å². The van der Waals surface area contributed by atoms with Crippen molar-refractivity contribution in [2.45, 2.75) is 26.3 Å². The fraction of sp³-hybridized carbons (Fsp3) is 0.909. The second kappa shape index (κ2) is 11.1. The lowest BCUT2D eigenvalue weighted by Gasteiger charge is -2.16. The molecule has 0 saturated carbocycles. The molecule has 0 aromatic carbocycles. The SMILES string of the molecule is CCNC(=NCCCSC)NC(C)COC. The van der Waals surface area contributed by atoms with Crippen LogP contribution in [0.25, 0.3) is 0 Å². The molecule has 0 fully saturated rings. The summed E-state index contributed by atoms with van der Waals surface area (Å²) in [5.74, 6) is 2.05. The van der Waals surface area contributed by atoms with Gasteiger partial charge in [0.2, 0.25) is 0 Å². The van der Waals surface area contributed by atoms with E-state index in [1.54, 1.807) is 7.11 Å². The third kappa shape index (κ3) is 8.85. The van der Waals surface area contributed by atoms with E-state index in [0.29, 0.717) is 6.61 Å². The fourth-order valence-electron chi connectivity index (χ4n) is 1.24. The largest absolute Gasteiger partial charge is 0.383 e. The maximum Gasteiger partial charge on any atom is 0.191 e. The summed E-state index contributed by atoms with van der Waals surface area (Å²) < 4.78 is 5.08. The first-order valence-electron chi connectivity index (χ1n) is 5.77. The van der Waals surface area contributed by atoms with Crippen LogP contribution in [-0.4, -0.2) is 50.8 Å². The molecule has 2 N–H and O–H groups in total. The first-order chi connectivity index (χ1) is 7.74. The molecular formula is C11H25N3OS. The van der Waals surface area contributed by atoms with Gasteiger partial charge in [-0.05, 0) is 32.3 Å². The van der Waals surface area contributed by atoms with Crippen LogP contribution < -0.4 is 10.6 Å². The summed E-state index contributed by atoms with van der Waals surface area (Å²) in [6.45, 7) is 6.59. The zero-order valence-electron chi connectivity index (χ0n) is 10.9. The first-order valence-corrected chi connectivity index (χ1v) is 7.16. The second-order valence-electron chi connectivity index (χ2n) is 3.61. The molecule has 0 saturated heterocycles. The van der Waals surface area contributed by atoms with Crippen LogP contribution in [0.15, 0.2) is 4.99 Å². The van der Waals surface area contributed by atoms with Gasteiger partial charge in [0.15, 0.2) is 5.96 Å². The van der Waals surface area contributed by atoms with Gasteiger partial charge < -0.3 is 15.4 Å². The summed E-state index contributed by atoms with van der Waals surface area (Å²) in [7, 11) is 1.71. The highest BCUT2D eigenvalue weighted by Gasteiger charge is 2.03. The number of thioether (sulfide) groups is 1. The van der Waals surface area contributed by atoms with Crippen LogP contribution in [0.3, 0.4) is 0 Å². The molecule has 1 unspecified atom stereocenters. The van der Waals surface area contributed by atoms with Crippen molar-refractivity contribution in [3.05, 3.63) is 0 Å². The molecule has 96 valence electrons. The number of rotatable bonds is 8. The first kappa shape index (κ1) is 15.6.